The average molecular weight is 190 g/mol. The molecule has 1 aromatic carbocycles. The van der Waals surface area contributed by atoms with E-state index in [0.29, 0.717) is 11.5 Å². The van der Waals surface area contributed by atoms with Crippen LogP contribution in [0.5, 0.6) is 5.75 Å². The summed E-state index contributed by atoms with van der Waals surface area (Å²) < 4.78 is 0. The predicted octanol–water partition coefficient (Wildman–Crippen LogP) is 1.90. The Morgan fingerprint density at radius 1 is 1.29 bits per heavy atom. The summed E-state index contributed by atoms with van der Waals surface area (Å²) in [5.41, 5.74) is 0.884. The largest absolute Gasteiger partial charge is 0.381 e. The van der Waals surface area contributed by atoms with E-state index in [1.807, 2.05) is 18.2 Å². The molecule has 0 radical (unpaired) electrons. The molecule has 1 heterocycles. The fourth-order valence-corrected chi connectivity index (χ4v) is 1.20. The minimum absolute atomic E-state index is 0.346. The van der Waals surface area contributed by atoms with E-state index < -0.39 is 6.10 Å². The van der Waals surface area contributed by atoms with E-state index in [9.17, 15) is 5.11 Å². The summed E-state index contributed by atoms with van der Waals surface area (Å²) in [4.78, 5) is 9.88. The highest BCUT2D eigenvalue weighted by molar-refractivity contribution is 5.60. The second kappa shape index (κ2) is 3.55. The molecule has 0 bridgehead atoms. The van der Waals surface area contributed by atoms with Crippen molar-refractivity contribution in [1.29, 1.82) is 0 Å². The van der Waals surface area contributed by atoms with Crippen molar-refractivity contribution >= 4 is 6.08 Å². The summed E-state index contributed by atoms with van der Waals surface area (Å²) in [6.07, 6.45) is 2.28. The first-order valence-electron chi connectivity index (χ1n) is 4.27. The van der Waals surface area contributed by atoms with Gasteiger partial charge in [-0.25, -0.2) is 0 Å². The predicted molar refractivity (Wildman–Crippen MR) is 52.3 cm³/mol. The lowest BCUT2D eigenvalue weighted by molar-refractivity contribution is -0.179. The summed E-state index contributed by atoms with van der Waals surface area (Å²) in [5, 5.41) is 9.42. The third kappa shape index (κ3) is 1.49. The summed E-state index contributed by atoms with van der Waals surface area (Å²) in [6.45, 7) is 3.47. The lowest BCUT2D eigenvalue weighted by Gasteiger charge is -2.17. The zero-order valence-corrected chi connectivity index (χ0v) is 7.51. The smallest absolute Gasteiger partial charge is 0.188 e. The lowest BCUT2D eigenvalue weighted by atomic mass is 10.1. The van der Waals surface area contributed by atoms with Gasteiger partial charge in [-0.2, -0.15) is 0 Å². The molecule has 0 spiro atoms. The third-order valence-corrected chi connectivity index (χ3v) is 1.96. The molecule has 1 aliphatic rings. The Labute approximate surface area is 81.8 Å². The molecule has 3 heteroatoms. The van der Waals surface area contributed by atoms with Crippen LogP contribution in [0.25, 0.3) is 6.08 Å². The Hall–Kier alpha value is -1.74. The molecule has 1 aromatic rings. The highest BCUT2D eigenvalue weighted by Crippen LogP contribution is 2.27. The number of fused-ring (bicyclic) bond motifs is 1. The molecule has 1 unspecified atom stereocenters. The molecule has 1 atom stereocenters. The van der Waals surface area contributed by atoms with Crippen molar-refractivity contribution in [2.75, 3.05) is 0 Å². The fraction of sp³-hybridized carbons (Fsp3) is 0.0909. The minimum atomic E-state index is -0.830. The van der Waals surface area contributed by atoms with Crippen LogP contribution in [0.15, 0.2) is 42.7 Å². The van der Waals surface area contributed by atoms with Crippen molar-refractivity contribution in [2.45, 2.75) is 6.10 Å². The third-order valence-electron chi connectivity index (χ3n) is 1.96. The zero-order chi connectivity index (χ0) is 9.97. The average Bonchev–Trinajstić information content (AvgIpc) is 2.27. The van der Waals surface area contributed by atoms with Gasteiger partial charge >= 0.3 is 0 Å². The van der Waals surface area contributed by atoms with Crippen LogP contribution in [0.3, 0.4) is 0 Å². The van der Waals surface area contributed by atoms with Crippen LogP contribution in [0, 0.1) is 0 Å². The maximum atomic E-state index is 9.42. The number of hydrogen-bond acceptors (Lipinski definition) is 3. The van der Waals surface area contributed by atoms with Gasteiger partial charge in [-0.05, 0) is 12.1 Å². The molecular formula is C11H10O3. The molecule has 1 aliphatic heterocycles. The van der Waals surface area contributed by atoms with Crippen LogP contribution < -0.4 is 4.89 Å². The van der Waals surface area contributed by atoms with Gasteiger partial charge in [0.25, 0.3) is 0 Å². The molecular weight excluding hydrogens is 180 g/mol. The van der Waals surface area contributed by atoms with Gasteiger partial charge in [0.1, 0.15) is 6.10 Å². The number of para-hydroxylation sites is 1. The van der Waals surface area contributed by atoms with Crippen LogP contribution in [0.1, 0.15) is 5.56 Å². The van der Waals surface area contributed by atoms with Gasteiger partial charge in [-0.3, -0.25) is 9.78 Å². The first-order valence-corrected chi connectivity index (χ1v) is 4.27. The van der Waals surface area contributed by atoms with E-state index in [1.165, 1.54) is 6.08 Å². The Morgan fingerprint density at radius 2 is 2.07 bits per heavy atom. The Bertz CT molecular complexity index is 382. The van der Waals surface area contributed by atoms with Crippen molar-refractivity contribution < 1.29 is 14.9 Å². The van der Waals surface area contributed by atoms with Crippen molar-refractivity contribution in [1.82, 2.24) is 0 Å². The van der Waals surface area contributed by atoms with Crippen molar-refractivity contribution in [3.8, 4) is 5.75 Å². The molecule has 14 heavy (non-hydrogen) atoms. The van der Waals surface area contributed by atoms with Gasteiger partial charge < -0.3 is 5.11 Å². The van der Waals surface area contributed by atoms with E-state index in [2.05, 4.69) is 6.58 Å². The normalized spacial score (nSPS) is 15.6. The molecule has 0 saturated heterocycles. The molecule has 0 saturated carbocycles. The van der Waals surface area contributed by atoms with E-state index in [0.717, 1.165) is 5.56 Å². The molecule has 0 aliphatic carbocycles. The molecule has 0 aromatic heterocycles. The van der Waals surface area contributed by atoms with Crippen molar-refractivity contribution in [3.05, 3.63) is 48.2 Å². The van der Waals surface area contributed by atoms with Crippen LogP contribution in [-0.4, -0.2) is 11.2 Å². The number of aliphatic hydroxyl groups excluding tert-OH is 1. The molecule has 1 N–H and O–H groups in total. The van der Waals surface area contributed by atoms with Crippen molar-refractivity contribution in [2.24, 2.45) is 0 Å². The van der Waals surface area contributed by atoms with Gasteiger partial charge in [0, 0.05) is 5.56 Å². The van der Waals surface area contributed by atoms with E-state index >= 15 is 0 Å². The second-order valence-corrected chi connectivity index (χ2v) is 2.93. The Morgan fingerprint density at radius 3 is 2.86 bits per heavy atom. The highest BCUT2D eigenvalue weighted by atomic mass is 17.2. The molecule has 72 valence electrons. The fourth-order valence-electron chi connectivity index (χ4n) is 1.20. The van der Waals surface area contributed by atoms with Gasteiger partial charge in [0.2, 0.25) is 0 Å². The first kappa shape index (κ1) is 8.84. The van der Waals surface area contributed by atoms with Gasteiger partial charge in [0.15, 0.2) is 11.5 Å². The van der Waals surface area contributed by atoms with Crippen LogP contribution in [0.4, 0.5) is 0 Å². The number of aliphatic hydroxyl groups is 1. The number of hydrogen-bond donors (Lipinski definition) is 1. The van der Waals surface area contributed by atoms with Crippen LogP contribution in [-0.2, 0) is 4.89 Å². The van der Waals surface area contributed by atoms with E-state index in [4.69, 9.17) is 9.78 Å². The zero-order valence-electron chi connectivity index (χ0n) is 7.51. The number of benzene rings is 1. The lowest BCUT2D eigenvalue weighted by Crippen LogP contribution is -2.14. The minimum Gasteiger partial charge on any atom is -0.381 e. The van der Waals surface area contributed by atoms with Gasteiger partial charge in [-0.1, -0.05) is 24.3 Å². The van der Waals surface area contributed by atoms with Gasteiger partial charge in [-0.15, -0.1) is 6.58 Å². The second-order valence-electron chi connectivity index (χ2n) is 2.93. The van der Waals surface area contributed by atoms with Crippen molar-refractivity contribution in [3.63, 3.8) is 0 Å². The highest BCUT2D eigenvalue weighted by Gasteiger charge is 2.17. The quantitative estimate of drug-likeness (QED) is 0.571. The van der Waals surface area contributed by atoms with Crippen LogP contribution in [0.2, 0.25) is 0 Å². The topological polar surface area (TPSA) is 38.7 Å². The molecule has 0 fully saturated rings. The summed E-state index contributed by atoms with van der Waals surface area (Å²) >= 11 is 0. The van der Waals surface area contributed by atoms with E-state index in [1.54, 1.807) is 12.1 Å². The van der Waals surface area contributed by atoms with Crippen LogP contribution >= 0.6 is 0 Å². The maximum absolute atomic E-state index is 9.42. The summed E-state index contributed by atoms with van der Waals surface area (Å²) in [6, 6.07) is 7.42. The standard InChI is InChI=1S/C11H10O3/c1-2-9(12)11-7-8-5-3-4-6-10(8)13-14-11/h2-7,9,12H,1H2. The van der Waals surface area contributed by atoms with E-state index in [-0.39, 0.29) is 0 Å². The maximum Gasteiger partial charge on any atom is 0.188 e. The van der Waals surface area contributed by atoms with Gasteiger partial charge in [0.05, 0.1) is 0 Å². The number of rotatable bonds is 2. The molecule has 3 nitrogen and oxygen atoms in total. The molecule has 2 rings (SSSR count). The first-order chi connectivity index (χ1) is 6.81. The Balaban J connectivity index is 2.35. The summed E-state index contributed by atoms with van der Waals surface area (Å²) in [7, 11) is 0. The summed E-state index contributed by atoms with van der Waals surface area (Å²) in [5.74, 6) is 0.992. The Kier molecular flexibility index (Phi) is 2.24. The monoisotopic (exact) mass is 190 g/mol. The molecule has 0 amide bonds. The SMILES string of the molecule is C=CC(O)C1=Cc2ccccc2OO1.